The zero-order valence-electron chi connectivity index (χ0n) is 11.2. The Balaban J connectivity index is 2.68. The molecule has 0 fully saturated rings. The Bertz CT molecular complexity index is 485. The van der Waals surface area contributed by atoms with Gasteiger partial charge in [-0.25, -0.2) is 0 Å². The maximum absolute atomic E-state index is 11.9. The lowest BCUT2D eigenvalue weighted by Crippen LogP contribution is -2.34. The Morgan fingerprint density at radius 3 is 2.47 bits per heavy atom. The van der Waals surface area contributed by atoms with Crippen LogP contribution in [0.3, 0.4) is 0 Å². The fourth-order valence-electron chi connectivity index (χ4n) is 1.67. The summed E-state index contributed by atoms with van der Waals surface area (Å²) in [7, 11) is 0. The molecule has 1 amide bonds. The van der Waals surface area contributed by atoms with Crippen LogP contribution in [-0.2, 0) is 9.59 Å². The molecule has 0 saturated heterocycles. The summed E-state index contributed by atoms with van der Waals surface area (Å²) in [6.07, 6.45) is -0.0445. The zero-order chi connectivity index (χ0) is 14.6. The second kappa shape index (κ2) is 6.19. The van der Waals surface area contributed by atoms with Crippen molar-refractivity contribution in [3.63, 3.8) is 0 Å². The fourth-order valence-corrected chi connectivity index (χ4v) is 2.30. The Morgan fingerprint density at radius 2 is 1.95 bits per heavy atom. The van der Waals surface area contributed by atoms with Crippen molar-refractivity contribution in [1.82, 2.24) is 5.32 Å². The van der Waals surface area contributed by atoms with Crippen LogP contribution in [0.15, 0.2) is 28.7 Å². The van der Waals surface area contributed by atoms with Gasteiger partial charge in [-0.05, 0) is 32.4 Å². The van der Waals surface area contributed by atoms with Crippen LogP contribution in [-0.4, -0.2) is 17.0 Å². The molecule has 0 heterocycles. The molecule has 4 nitrogen and oxygen atoms in total. The number of carbonyl (C=O) groups excluding carboxylic acids is 1. The molecule has 19 heavy (non-hydrogen) atoms. The summed E-state index contributed by atoms with van der Waals surface area (Å²) in [5.41, 5.74) is -0.0958. The molecule has 0 spiro atoms. The van der Waals surface area contributed by atoms with E-state index in [2.05, 4.69) is 21.2 Å². The van der Waals surface area contributed by atoms with Gasteiger partial charge < -0.3 is 10.4 Å². The number of carboxylic acid groups (broad SMARTS) is 1. The first kappa shape index (κ1) is 15.7. The predicted octanol–water partition coefficient (Wildman–Crippen LogP) is 3.13. The smallest absolute Gasteiger partial charge is 0.309 e. The Morgan fingerprint density at radius 1 is 1.37 bits per heavy atom. The van der Waals surface area contributed by atoms with Crippen molar-refractivity contribution < 1.29 is 14.7 Å². The van der Waals surface area contributed by atoms with Gasteiger partial charge in [-0.15, -0.1) is 0 Å². The van der Waals surface area contributed by atoms with Gasteiger partial charge in [-0.3, -0.25) is 9.59 Å². The highest BCUT2D eigenvalue weighted by atomic mass is 79.9. The lowest BCUT2D eigenvalue weighted by molar-refractivity contribution is -0.149. The van der Waals surface area contributed by atoms with Gasteiger partial charge >= 0.3 is 5.97 Å². The van der Waals surface area contributed by atoms with Crippen molar-refractivity contribution in [1.29, 1.82) is 0 Å². The summed E-state index contributed by atoms with van der Waals surface area (Å²) in [6, 6.07) is 7.43. The van der Waals surface area contributed by atoms with Gasteiger partial charge in [0, 0.05) is 10.9 Å². The van der Waals surface area contributed by atoms with Crippen LogP contribution in [0.4, 0.5) is 0 Å². The number of amides is 1. The van der Waals surface area contributed by atoms with Crippen LogP contribution in [0.1, 0.15) is 38.8 Å². The molecule has 0 radical (unpaired) electrons. The third-order valence-electron chi connectivity index (χ3n) is 2.93. The van der Waals surface area contributed by atoms with E-state index >= 15 is 0 Å². The predicted molar refractivity (Wildman–Crippen MR) is 76.7 cm³/mol. The van der Waals surface area contributed by atoms with Crippen LogP contribution in [0, 0.1) is 5.41 Å². The summed E-state index contributed by atoms with van der Waals surface area (Å²) in [4.78, 5) is 22.8. The quantitative estimate of drug-likeness (QED) is 0.873. The first-order valence-electron chi connectivity index (χ1n) is 6.01. The van der Waals surface area contributed by atoms with Gasteiger partial charge in [0.1, 0.15) is 0 Å². The van der Waals surface area contributed by atoms with E-state index in [0.29, 0.717) is 0 Å². The first-order chi connectivity index (χ1) is 8.74. The minimum atomic E-state index is -1.06. The van der Waals surface area contributed by atoms with Crippen LogP contribution in [0.25, 0.3) is 0 Å². The maximum Gasteiger partial charge on any atom is 0.309 e. The largest absolute Gasteiger partial charge is 0.481 e. The topological polar surface area (TPSA) is 66.4 Å². The van der Waals surface area contributed by atoms with E-state index in [9.17, 15) is 9.59 Å². The molecule has 104 valence electrons. The number of rotatable bonds is 5. The molecule has 2 N–H and O–H groups in total. The molecule has 0 aliphatic carbocycles. The van der Waals surface area contributed by atoms with Gasteiger partial charge in [0.2, 0.25) is 5.91 Å². The number of halogens is 1. The lowest BCUT2D eigenvalue weighted by Gasteiger charge is -2.21. The SMILES string of the molecule is C[C@H](NC(=O)CC(C)(C)C(=O)O)c1ccccc1Br. The number of nitrogens with one attached hydrogen (secondary N) is 1. The molecule has 0 unspecified atom stereocenters. The number of aliphatic carboxylic acids is 1. The van der Waals surface area contributed by atoms with Crippen LogP contribution < -0.4 is 5.32 Å². The second-order valence-corrected chi connectivity index (χ2v) is 6.03. The zero-order valence-corrected chi connectivity index (χ0v) is 12.8. The van der Waals surface area contributed by atoms with Gasteiger partial charge in [-0.2, -0.15) is 0 Å². The monoisotopic (exact) mass is 327 g/mol. The van der Waals surface area contributed by atoms with Crippen molar-refractivity contribution in [2.24, 2.45) is 5.41 Å². The normalized spacial score (nSPS) is 12.8. The van der Waals surface area contributed by atoms with Crippen LogP contribution in [0.2, 0.25) is 0 Å². The maximum atomic E-state index is 11.9. The standard InChI is InChI=1S/C14H18BrNO3/c1-9(10-6-4-5-7-11(10)15)16-12(17)8-14(2,3)13(18)19/h4-7,9H,8H2,1-3H3,(H,16,17)(H,18,19)/t9-/m0/s1. The first-order valence-corrected chi connectivity index (χ1v) is 6.80. The van der Waals surface area contributed by atoms with E-state index in [0.717, 1.165) is 10.0 Å². The van der Waals surface area contributed by atoms with E-state index in [-0.39, 0.29) is 18.4 Å². The molecule has 1 aromatic rings. The number of carbonyl (C=O) groups is 2. The molecule has 5 heteroatoms. The molecule has 0 bridgehead atoms. The van der Waals surface area contributed by atoms with Crippen molar-refractivity contribution in [3.8, 4) is 0 Å². The summed E-state index contributed by atoms with van der Waals surface area (Å²) in [6.45, 7) is 4.95. The molecular formula is C14H18BrNO3. The number of carboxylic acids is 1. The van der Waals surface area contributed by atoms with Crippen molar-refractivity contribution in [2.45, 2.75) is 33.2 Å². The number of benzene rings is 1. The highest BCUT2D eigenvalue weighted by molar-refractivity contribution is 9.10. The van der Waals surface area contributed by atoms with Gasteiger partial charge in [-0.1, -0.05) is 34.1 Å². The fraction of sp³-hybridized carbons (Fsp3) is 0.429. The molecule has 1 rings (SSSR count). The molecular weight excluding hydrogens is 310 g/mol. The van der Waals surface area contributed by atoms with Crippen molar-refractivity contribution in [3.05, 3.63) is 34.3 Å². The average molecular weight is 328 g/mol. The van der Waals surface area contributed by atoms with Gasteiger partial charge in [0.25, 0.3) is 0 Å². The van der Waals surface area contributed by atoms with Crippen molar-refractivity contribution >= 4 is 27.8 Å². The summed E-state index contributed by atoms with van der Waals surface area (Å²) in [5, 5.41) is 11.8. The summed E-state index contributed by atoms with van der Waals surface area (Å²) < 4.78 is 0.917. The number of hydrogen-bond acceptors (Lipinski definition) is 2. The third kappa shape index (κ3) is 4.35. The van der Waals surface area contributed by atoms with E-state index in [1.165, 1.54) is 13.8 Å². The van der Waals surface area contributed by atoms with E-state index < -0.39 is 11.4 Å². The molecule has 0 aliphatic rings. The molecule has 1 atom stereocenters. The van der Waals surface area contributed by atoms with Gasteiger partial charge in [0.15, 0.2) is 0 Å². The lowest BCUT2D eigenvalue weighted by atomic mass is 9.89. The summed E-state index contributed by atoms with van der Waals surface area (Å²) in [5.74, 6) is -1.24. The van der Waals surface area contributed by atoms with E-state index in [1.54, 1.807) is 0 Å². The average Bonchev–Trinajstić information content (AvgIpc) is 2.28. The molecule has 0 saturated carbocycles. The van der Waals surface area contributed by atoms with Crippen molar-refractivity contribution in [2.75, 3.05) is 0 Å². The highest BCUT2D eigenvalue weighted by Gasteiger charge is 2.30. The van der Waals surface area contributed by atoms with Crippen LogP contribution >= 0.6 is 15.9 Å². The number of hydrogen-bond donors (Lipinski definition) is 2. The molecule has 1 aromatic carbocycles. The Kier molecular flexibility index (Phi) is 5.11. The Labute approximate surface area is 121 Å². The van der Waals surface area contributed by atoms with E-state index in [1.807, 2.05) is 31.2 Å². The minimum absolute atomic E-state index is 0.0445. The molecule has 0 aromatic heterocycles. The second-order valence-electron chi connectivity index (χ2n) is 5.18. The Hall–Kier alpha value is -1.36. The minimum Gasteiger partial charge on any atom is -0.481 e. The third-order valence-corrected chi connectivity index (χ3v) is 3.65. The van der Waals surface area contributed by atoms with Crippen LogP contribution in [0.5, 0.6) is 0 Å². The highest BCUT2D eigenvalue weighted by Crippen LogP contribution is 2.24. The van der Waals surface area contributed by atoms with E-state index in [4.69, 9.17) is 5.11 Å². The van der Waals surface area contributed by atoms with Gasteiger partial charge in [0.05, 0.1) is 11.5 Å². The summed E-state index contributed by atoms with van der Waals surface area (Å²) >= 11 is 3.43. The molecule has 0 aliphatic heterocycles.